The van der Waals surface area contributed by atoms with Gasteiger partial charge in [0.2, 0.25) is 0 Å². The first kappa shape index (κ1) is 29.6. The highest BCUT2D eigenvalue weighted by molar-refractivity contribution is 6.07. The van der Waals surface area contributed by atoms with E-state index in [9.17, 15) is 22.8 Å². The van der Waals surface area contributed by atoms with E-state index in [0.717, 1.165) is 42.4 Å². The summed E-state index contributed by atoms with van der Waals surface area (Å²) in [6.45, 7) is 7.06. The number of piperazine rings is 1. The van der Waals surface area contributed by atoms with Crippen molar-refractivity contribution in [2.24, 2.45) is 7.05 Å². The number of amides is 1. The lowest BCUT2D eigenvalue weighted by molar-refractivity contribution is -0.138. The molecule has 2 aliphatic rings. The monoisotopic (exact) mass is 585 g/mol. The van der Waals surface area contributed by atoms with Crippen molar-refractivity contribution in [1.29, 1.82) is 0 Å². The van der Waals surface area contributed by atoms with Crippen LogP contribution in [0, 0.1) is 5.82 Å². The van der Waals surface area contributed by atoms with Crippen molar-refractivity contribution in [3.05, 3.63) is 76.0 Å². The first-order valence-electron chi connectivity index (χ1n) is 14.1. The van der Waals surface area contributed by atoms with Crippen LogP contribution in [0.25, 0.3) is 11.1 Å². The van der Waals surface area contributed by atoms with Crippen LogP contribution in [0.5, 0.6) is 0 Å². The molecule has 3 heterocycles. The number of aromatic nitrogens is 1. The van der Waals surface area contributed by atoms with Crippen molar-refractivity contribution in [1.82, 2.24) is 9.47 Å². The third-order valence-electron chi connectivity index (χ3n) is 8.46. The van der Waals surface area contributed by atoms with Crippen LogP contribution in [0.2, 0.25) is 0 Å². The van der Waals surface area contributed by atoms with Crippen molar-refractivity contribution in [2.45, 2.75) is 44.9 Å². The van der Waals surface area contributed by atoms with E-state index in [-0.39, 0.29) is 23.3 Å². The molecule has 2 saturated heterocycles. The zero-order valence-electron chi connectivity index (χ0n) is 24.1. The van der Waals surface area contributed by atoms with Gasteiger partial charge in [0.1, 0.15) is 5.82 Å². The van der Waals surface area contributed by atoms with E-state index in [1.165, 1.54) is 19.2 Å². The molecule has 1 amide bonds. The Morgan fingerprint density at radius 2 is 1.55 bits per heavy atom. The van der Waals surface area contributed by atoms with Gasteiger partial charge in [-0.2, -0.15) is 13.2 Å². The number of rotatable bonds is 5. The molecule has 3 aromatic rings. The summed E-state index contributed by atoms with van der Waals surface area (Å²) < 4.78 is 58.2. The first-order chi connectivity index (χ1) is 19.8. The fraction of sp³-hybridized carbons (Fsp3) is 0.419. The highest BCUT2D eigenvalue weighted by Gasteiger charge is 2.37. The summed E-state index contributed by atoms with van der Waals surface area (Å²) in [7, 11) is 3.28. The van der Waals surface area contributed by atoms with E-state index in [0.29, 0.717) is 30.4 Å². The summed E-state index contributed by atoms with van der Waals surface area (Å²) in [5.41, 5.74) is -0.514. The molecule has 224 valence electrons. The number of carbonyl (C=O) groups is 1. The van der Waals surface area contributed by atoms with Crippen molar-refractivity contribution >= 4 is 23.0 Å². The zero-order valence-corrected chi connectivity index (χ0v) is 24.1. The molecule has 0 saturated carbocycles. The summed E-state index contributed by atoms with van der Waals surface area (Å²) in [6.07, 6.45) is -1.80. The normalized spacial score (nSPS) is 19.8. The SMILES string of the molecule is C[C@@H]1CN(c2cc(F)c(-c3ccc(N4CCCC4)cc3)cc2NC(=O)c2cn(C)c(=O)cc2C(F)(F)F)C[C@H](C)N1C. The van der Waals surface area contributed by atoms with Gasteiger partial charge in [0.05, 0.1) is 22.5 Å². The average molecular weight is 586 g/mol. The van der Waals surface area contributed by atoms with Gasteiger partial charge in [-0.15, -0.1) is 0 Å². The molecule has 0 unspecified atom stereocenters. The molecule has 2 atom stereocenters. The Hall–Kier alpha value is -3.86. The molecule has 2 aliphatic heterocycles. The van der Waals surface area contributed by atoms with E-state index >= 15 is 4.39 Å². The van der Waals surface area contributed by atoms with Gasteiger partial charge in [0.15, 0.2) is 0 Å². The fourth-order valence-corrected chi connectivity index (χ4v) is 5.81. The van der Waals surface area contributed by atoms with E-state index < -0.39 is 34.6 Å². The number of hydrogen-bond acceptors (Lipinski definition) is 5. The highest BCUT2D eigenvalue weighted by atomic mass is 19.4. The number of halogens is 4. The lowest BCUT2D eigenvalue weighted by Crippen LogP contribution is -2.55. The minimum absolute atomic E-state index is 0.110. The molecule has 0 bridgehead atoms. The molecule has 0 aliphatic carbocycles. The molecule has 11 heteroatoms. The second-order valence-corrected chi connectivity index (χ2v) is 11.4. The number of nitrogens with zero attached hydrogens (tertiary/aromatic N) is 4. The van der Waals surface area contributed by atoms with Gasteiger partial charge in [0.25, 0.3) is 11.5 Å². The topological polar surface area (TPSA) is 60.8 Å². The van der Waals surface area contributed by atoms with Crippen LogP contribution in [-0.4, -0.2) is 60.7 Å². The number of benzene rings is 2. The van der Waals surface area contributed by atoms with Gasteiger partial charge in [-0.05, 0) is 63.6 Å². The number of nitrogens with one attached hydrogen (secondary N) is 1. The van der Waals surface area contributed by atoms with Crippen molar-refractivity contribution in [3.8, 4) is 11.1 Å². The lowest BCUT2D eigenvalue weighted by atomic mass is 10.0. The molecule has 1 aromatic heterocycles. The average Bonchev–Trinajstić information content (AvgIpc) is 3.48. The minimum atomic E-state index is -4.92. The predicted molar refractivity (Wildman–Crippen MR) is 157 cm³/mol. The van der Waals surface area contributed by atoms with Crippen molar-refractivity contribution in [3.63, 3.8) is 0 Å². The Labute approximate surface area is 242 Å². The van der Waals surface area contributed by atoms with E-state index in [1.807, 2.05) is 50.1 Å². The van der Waals surface area contributed by atoms with Gasteiger partial charge in [0, 0.05) is 68.8 Å². The Bertz CT molecular complexity index is 1520. The number of hydrogen-bond donors (Lipinski definition) is 1. The van der Waals surface area contributed by atoms with Gasteiger partial charge < -0.3 is 19.7 Å². The fourth-order valence-electron chi connectivity index (χ4n) is 5.81. The van der Waals surface area contributed by atoms with Gasteiger partial charge in [-0.25, -0.2) is 4.39 Å². The summed E-state index contributed by atoms with van der Waals surface area (Å²) in [5, 5.41) is 2.63. The Morgan fingerprint density at radius 3 is 2.14 bits per heavy atom. The summed E-state index contributed by atoms with van der Waals surface area (Å²) in [5.74, 6) is -1.55. The molecule has 0 spiro atoms. The molecule has 42 heavy (non-hydrogen) atoms. The minimum Gasteiger partial charge on any atom is -0.372 e. The van der Waals surface area contributed by atoms with Crippen molar-refractivity contribution in [2.75, 3.05) is 48.3 Å². The molecular formula is C31H35F4N5O2. The summed E-state index contributed by atoms with van der Waals surface area (Å²) in [6, 6.07) is 10.9. The number of carbonyl (C=O) groups excluding carboxylic acids is 1. The molecule has 2 fully saturated rings. The van der Waals surface area contributed by atoms with Crippen LogP contribution in [0.3, 0.4) is 0 Å². The predicted octanol–water partition coefficient (Wildman–Crippen LogP) is 5.59. The Balaban J connectivity index is 1.57. The van der Waals surface area contributed by atoms with Crippen LogP contribution in [0.1, 0.15) is 42.6 Å². The van der Waals surface area contributed by atoms with E-state index in [4.69, 9.17) is 0 Å². The quantitative estimate of drug-likeness (QED) is 0.396. The van der Waals surface area contributed by atoms with Crippen LogP contribution in [-0.2, 0) is 13.2 Å². The maximum atomic E-state index is 15.8. The lowest BCUT2D eigenvalue weighted by Gasteiger charge is -2.44. The molecule has 5 rings (SSSR count). The Kier molecular flexibility index (Phi) is 8.06. The highest BCUT2D eigenvalue weighted by Crippen LogP contribution is 2.38. The van der Waals surface area contributed by atoms with E-state index in [2.05, 4.69) is 15.1 Å². The smallest absolute Gasteiger partial charge is 0.372 e. The summed E-state index contributed by atoms with van der Waals surface area (Å²) in [4.78, 5) is 31.8. The maximum absolute atomic E-state index is 15.8. The largest absolute Gasteiger partial charge is 0.417 e. The number of likely N-dealkylation sites (N-methyl/N-ethyl adjacent to an activating group) is 1. The zero-order chi connectivity index (χ0) is 30.3. The van der Waals surface area contributed by atoms with Crippen molar-refractivity contribution < 1.29 is 22.4 Å². The third-order valence-corrected chi connectivity index (χ3v) is 8.46. The molecule has 7 nitrogen and oxygen atoms in total. The van der Waals surface area contributed by atoms with E-state index in [1.54, 1.807) is 0 Å². The second-order valence-electron chi connectivity index (χ2n) is 11.4. The first-order valence-corrected chi connectivity index (χ1v) is 14.1. The molecule has 0 radical (unpaired) electrons. The standard InChI is InChI=1S/C31H35F4N5O2/c1-19-16-40(17-20(2)38(19)4)28-15-26(32)23(21-7-9-22(10-8-21)39-11-5-6-12-39)13-27(28)36-30(42)24-18-37(3)29(41)14-25(24)31(33,34)35/h7-10,13-15,18-20H,5-6,11-12,16-17H2,1-4H3,(H,36,42)/t19-,20+. The van der Waals surface area contributed by atoms with Gasteiger partial charge in [-0.3, -0.25) is 14.5 Å². The van der Waals surface area contributed by atoms with Gasteiger partial charge in [-0.1, -0.05) is 12.1 Å². The molecule has 1 N–H and O–H groups in total. The second kappa shape index (κ2) is 11.4. The molecule has 2 aromatic carbocycles. The number of pyridine rings is 1. The van der Waals surface area contributed by atoms with Crippen LogP contribution in [0.4, 0.5) is 34.6 Å². The summed E-state index contributed by atoms with van der Waals surface area (Å²) >= 11 is 0. The van der Waals surface area contributed by atoms with Gasteiger partial charge >= 0.3 is 6.18 Å². The maximum Gasteiger partial charge on any atom is 0.417 e. The number of aryl methyl sites for hydroxylation is 1. The Morgan fingerprint density at radius 1 is 0.929 bits per heavy atom. The third kappa shape index (κ3) is 5.88. The molecular weight excluding hydrogens is 550 g/mol. The van der Waals surface area contributed by atoms with Crippen LogP contribution in [0.15, 0.2) is 53.5 Å². The van der Waals surface area contributed by atoms with Crippen LogP contribution < -0.4 is 20.7 Å². The van der Waals surface area contributed by atoms with Crippen LogP contribution >= 0.6 is 0 Å². The number of alkyl halides is 3. The number of anilines is 3.